The van der Waals surface area contributed by atoms with E-state index in [2.05, 4.69) is 0 Å². The van der Waals surface area contributed by atoms with Crippen molar-refractivity contribution in [3.05, 3.63) is 0 Å². The molecule has 0 aliphatic carbocycles. The maximum atomic E-state index is 12.1. The van der Waals surface area contributed by atoms with Crippen LogP contribution in [0, 0.1) is 5.92 Å². The lowest BCUT2D eigenvalue weighted by Crippen LogP contribution is -2.57. The number of carbonyl (C=O) groups is 1. The molecule has 100 valence electrons. The molecule has 1 saturated heterocycles. The van der Waals surface area contributed by atoms with Gasteiger partial charge in [0, 0.05) is 26.2 Å². The summed E-state index contributed by atoms with van der Waals surface area (Å²) in [6.45, 7) is 5.03. The summed E-state index contributed by atoms with van der Waals surface area (Å²) in [7, 11) is -3.45. The second-order valence-corrected chi connectivity index (χ2v) is 6.19. The highest BCUT2D eigenvalue weighted by molar-refractivity contribution is 7.86. The highest BCUT2D eigenvalue weighted by atomic mass is 32.2. The number of aliphatic carboxylic acids is 1. The van der Waals surface area contributed by atoms with Crippen LogP contribution in [-0.4, -0.2) is 54.3 Å². The summed E-state index contributed by atoms with van der Waals surface area (Å²) in [6.07, 6.45) is 1.52. The smallest absolute Gasteiger partial charge is 0.309 e. The highest BCUT2D eigenvalue weighted by Gasteiger charge is 2.41. The predicted octanol–water partition coefficient (Wildman–Crippen LogP) is 0.370. The molecule has 7 heteroatoms. The minimum Gasteiger partial charge on any atom is -0.481 e. The second-order valence-electron chi connectivity index (χ2n) is 4.26. The summed E-state index contributed by atoms with van der Waals surface area (Å²) in [5, 5.41) is 8.73. The Morgan fingerprint density at radius 2 is 1.76 bits per heavy atom. The third-order valence-corrected chi connectivity index (χ3v) is 4.76. The van der Waals surface area contributed by atoms with Crippen LogP contribution in [0.25, 0.3) is 0 Å². The molecule has 0 aromatic heterocycles. The third kappa shape index (κ3) is 3.17. The van der Waals surface area contributed by atoms with E-state index in [9.17, 15) is 13.2 Å². The van der Waals surface area contributed by atoms with E-state index in [1.165, 1.54) is 8.61 Å². The molecule has 0 saturated carbocycles. The summed E-state index contributed by atoms with van der Waals surface area (Å²) in [5.41, 5.74) is 0. The molecule has 0 atom stereocenters. The number of rotatable bonds is 7. The molecule has 1 heterocycles. The zero-order valence-corrected chi connectivity index (χ0v) is 11.1. The van der Waals surface area contributed by atoms with Gasteiger partial charge >= 0.3 is 5.97 Å². The van der Waals surface area contributed by atoms with Gasteiger partial charge in [-0.15, -0.1) is 0 Å². The van der Waals surface area contributed by atoms with E-state index < -0.39 is 22.1 Å². The van der Waals surface area contributed by atoms with E-state index in [0.29, 0.717) is 13.1 Å². The molecule has 0 bridgehead atoms. The standard InChI is InChI=1S/C10H20N2O4S/c1-3-5-11(6-4-2)17(15,16)12-7-9(8-12)10(13)14/h9H,3-8H2,1-2H3,(H,13,14). The fourth-order valence-corrected chi connectivity index (χ4v) is 3.68. The molecule has 0 spiro atoms. The van der Waals surface area contributed by atoms with Crippen molar-refractivity contribution in [1.29, 1.82) is 0 Å². The average Bonchev–Trinajstić information content (AvgIpc) is 2.13. The fraction of sp³-hybridized carbons (Fsp3) is 0.900. The lowest BCUT2D eigenvalue weighted by atomic mass is 10.0. The molecule has 0 aromatic rings. The molecule has 1 fully saturated rings. The van der Waals surface area contributed by atoms with Crippen molar-refractivity contribution < 1.29 is 18.3 Å². The first-order valence-corrected chi connectivity index (χ1v) is 7.31. The van der Waals surface area contributed by atoms with Crippen molar-refractivity contribution in [3.63, 3.8) is 0 Å². The van der Waals surface area contributed by atoms with Crippen molar-refractivity contribution in [2.75, 3.05) is 26.2 Å². The van der Waals surface area contributed by atoms with Crippen LogP contribution in [0.2, 0.25) is 0 Å². The first kappa shape index (κ1) is 14.4. The molecule has 1 aliphatic heterocycles. The molecule has 6 nitrogen and oxygen atoms in total. The molecule has 0 radical (unpaired) electrons. The van der Waals surface area contributed by atoms with Gasteiger partial charge in [-0.1, -0.05) is 13.8 Å². The van der Waals surface area contributed by atoms with Gasteiger partial charge in [-0.05, 0) is 12.8 Å². The summed E-state index contributed by atoms with van der Waals surface area (Å²) in [6, 6.07) is 0. The third-order valence-electron chi connectivity index (χ3n) is 2.80. The number of hydrogen-bond acceptors (Lipinski definition) is 3. The van der Waals surface area contributed by atoms with Gasteiger partial charge in [0.25, 0.3) is 10.2 Å². The molecule has 17 heavy (non-hydrogen) atoms. The van der Waals surface area contributed by atoms with Crippen LogP contribution in [0.5, 0.6) is 0 Å². The largest absolute Gasteiger partial charge is 0.481 e. The Kier molecular flexibility index (Phi) is 4.91. The first-order valence-electron chi connectivity index (χ1n) is 5.91. The normalized spacial score (nSPS) is 18.3. The van der Waals surface area contributed by atoms with Crippen LogP contribution in [0.4, 0.5) is 0 Å². The number of carboxylic acid groups (broad SMARTS) is 1. The van der Waals surface area contributed by atoms with E-state index in [4.69, 9.17) is 5.11 Å². The maximum absolute atomic E-state index is 12.1. The fourth-order valence-electron chi connectivity index (χ4n) is 1.79. The van der Waals surface area contributed by atoms with Gasteiger partial charge in [-0.25, -0.2) is 0 Å². The quantitative estimate of drug-likeness (QED) is 0.720. The minimum absolute atomic E-state index is 0.0988. The van der Waals surface area contributed by atoms with Crippen molar-refractivity contribution in [2.24, 2.45) is 5.92 Å². The minimum atomic E-state index is -3.45. The SMILES string of the molecule is CCCN(CCC)S(=O)(=O)N1CC(C(=O)O)C1. The molecule has 1 rings (SSSR count). The zero-order valence-electron chi connectivity index (χ0n) is 10.3. The summed E-state index contributed by atoms with van der Waals surface area (Å²) in [5.74, 6) is -1.47. The van der Waals surface area contributed by atoms with Crippen LogP contribution < -0.4 is 0 Å². The Bertz CT molecular complexity index is 357. The maximum Gasteiger partial charge on any atom is 0.309 e. The van der Waals surface area contributed by atoms with Crippen LogP contribution in [0.3, 0.4) is 0 Å². The number of hydrogen-bond donors (Lipinski definition) is 1. The van der Waals surface area contributed by atoms with Gasteiger partial charge in [0.1, 0.15) is 0 Å². The number of nitrogens with zero attached hydrogens (tertiary/aromatic N) is 2. The van der Waals surface area contributed by atoms with E-state index in [1.54, 1.807) is 0 Å². The van der Waals surface area contributed by atoms with Gasteiger partial charge < -0.3 is 5.11 Å². The van der Waals surface area contributed by atoms with Crippen molar-refractivity contribution in [3.8, 4) is 0 Å². The summed E-state index contributed by atoms with van der Waals surface area (Å²) in [4.78, 5) is 10.6. The number of carboxylic acids is 1. The molecular weight excluding hydrogens is 244 g/mol. The zero-order chi connectivity index (χ0) is 13.1. The molecule has 0 unspecified atom stereocenters. The Labute approximate surface area is 102 Å². The topological polar surface area (TPSA) is 77.9 Å². The molecule has 0 aromatic carbocycles. The first-order chi connectivity index (χ1) is 7.93. The lowest BCUT2D eigenvalue weighted by Gasteiger charge is -2.38. The monoisotopic (exact) mass is 264 g/mol. The van der Waals surface area contributed by atoms with E-state index in [1.807, 2.05) is 13.8 Å². The van der Waals surface area contributed by atoms with Gasteiger partial charge in [-0.3, -0.25) is 4.79 Å². The van der Waals surface area contributed by atoms with E-state index in [0.717, 1.165) is 12.8 Å². The average molecular weight is 264 g/mol. The summed E-state index contributed by atoms with van der Waals surface area (Å²) < 4.78 is 26.9. The van der Waals surface area contributed by atoms with Crippen LogP contribution in [-0.2, 0) is 15.0 Å². The van der Waals surface area contributed by atoms with Crippen LogP contribution in [0.1, 0.15) is 26.7 Å². The molecule has 1 N–H and O–H groups in total. The lowest BCUT2D eigenvalue weighted by molar-refractivity contribution is -0.145. The van der Waals surface area contributed by atoms with E-state index >= 15 is 0 Å². The van der Waals surface area contributed by atoms with Crippen molar-refractivity contribution in [2.45, 2.75) is 26.7 Å². The van der Waals surface area contributed by atoms with E-state index in [-0.39, 0.29) is 13.1 Å². The van der Waals surface area contributed by atoms with Crippen molar-refractivity contribution in [1.82, 2.24) is 8.61 Å². The van der Waals surface area contributed by atoms with Crippen LogP contribution >= 0.6 is 0 Å². The second kappa shape index (κ2) is 5.79. The van der Waals surface area contributed by atoms with Gasteiger partial charge in [-0.2, -0.15) is 17.0 Å². The van der Waals surface area contributed by atoms with Gasteiger partial charge in [0.05, 0.1) is 5.92 Å². The van der Waals surface area contributed by atoms with Crippen molar-refractivity contribution >= 4 is 16.2 Å². The molecule has 0 amide bonds. The summed E-state index contributed by atoms with van der Waals surface area (Å²) >= 11 is 0. The Balaban J connectivity index is 2.64. The predicted molar refractivity (Wildman–Crippen MR) is 63.8 cm³/mol. The highest BCUT2D eigenvalue weighted by Crippen LogP contribution is 2.22. The Morgan fingerprint density at radius 3 is 2.12 bits per heavy atom. The van der Waals surface area contributed by atoms with Gasteiger partial charge in [0.15, 0.2) is 0 Å². The van der Waals surface area contributed by atoms with Crippen LogP contribution in [0.15, 0.2) is 0 Å². The molecule has 1 aliphatic rings. The molecular formula is C10H20N2O4S. The van der Waals surface area contributed by atoms with Gasteiger partial charge in [0.2, 0.25) is 0 Å². The Hall–Kier alpha value is -0.660. The Morgan fingerprint density at radius 1 is 1.29 bits per heavy atom.